The van der Waals surface area contributed by atoms with Gasteiger partial charge in [0.2, 0.25) is 0 Å². The molecule has 10 heteroatoms. The van der Waals surface area contributed by atoms with E-state index in [9.17, 15) is 29.1 Å². The molecule has 0 amide bonds. The van der Waals surface area contributed by atoms with Crippen LogP contribution in [0.5, 0.6) is 11.5 Å². The highest BCUT2D eigenvalue weighted by atomic mass is 31.2. The van der Waals surface area contributed by atoms with Gasteiger partial charge in [-0.05, 0) is 110 Å². The summed E-state index contributed by atoms with van der Waals surface area (Å²) in [5.41, 5.74) is 2.86. The molecule has 2 aromatic carbocycles. The van der Waals surface area contributed by atoms with Crippen molar-refractivity contribution in [3.63, 3.8) is 0 Å². The van der Waals surface area contributed by atoms with Crippen molar-refractivity contribution in [1.82, 2.24) is 0 Å². The summed E-state index contributed by atoms with van der Waals surface area (Å²) in [6.07, 6.45) is 2.65. The normalized spacial score (nSPS) is 14.7. The second kappa shape index (κ2) is 17.0. The maximum atomic E-state index is 12.3. The summed E-state index contributed by atoms with van der Waals surface area (Å²) in [4.78, 5) is 20.1. The number of rotatable bonds is 14. The van der Waals surface area contributed by atoms with Gasteiger partial charge in [-0.1, -0.05) is 55.4 Å². The number of aromatic hydroxyl groups is 2. The molecule has 4 N–H and O–H groups in total. The van der Waals surface area contributed by atoms with Crippen molar-refractivity contribution in [3.8, 4) is 11.5 Å². The van der Waals surface area contributed by atoms with Crippen LogP contribution in [0.4, 0.5) is 0 Å². The number of hydrogen-bond acceptors (Lipinski definition) is 6. The molecule has 0 aliphatic rings. The lowest BCUT2D eigenvalue weighted by Crippen LogP contribution is -2.12. The molecule has 2 aromatic rings. The van der Waals surface area contributed by atoms with Crippen molar-refractivity contribution < 1.29 is 38.2 Å². The van der Waals surface area contributed by atoms with Crippen LogP contribution in [0.1, 0.15) is 91.5 Å². The third-order valence-corrected chi connectivity index (χ3v) is 9.32. The highest BCUT2D eigenvalue weighted by molar-refractivity contribution is 7.61. The van der Waals surface area contributed by atoms with Crippen LogP contribution < -0.4 is 10.6 Å². The first-order chi connectivity index (χ1) is 19.3. The van der Waals surface area contributed by atoms with Crippen molar-refractivity contribution >= 4 is 25.8 Å². The van der Waals surface area contributed by atoms with Gasteiger partial charge >= 0.3 is 15.2 Å². The highest BCUT2D eigenvalue weighted by Crippen LogP contribution is 2.43. The molecule has 0 bridgehead atoms. The number of hydrogen-bond donors (Lipinski definition) is 4. The van der Waals surface area contributed by atoms with Gasteiger partial charge in [0.1, 0.15) is 11.5 Å². The Labute approximate surface area is 253 Å². The van der Waals surface area contributed by atoms with Gasteiger partial charge in [-0.15, -0.1) is 0 Å². The highest BCUT2D eigenvalue weighted by Gasteiger charge is 2.26. The van der Waals surface area contributed by atoms with E-state index in [1.165, 1.54) is 0 Å². The third-order valence-electron chi connectivity index (χ3n) is 6.28. The first kappa shape index (κ1) is 38.4. The van der Waals surface area contributed by atoms with Crippen LogP contribution in [0.15, 0.2) is 24.3 Å². The Bertz CT molecular complexity index is 1080. The van der Waals surface area contributed by atoms with E-state index < -0.39 is 15.2 Å². The Morgan fingerprint density at radius 2 is 0.762 bits per heavy atom. The van der Waals surface area contributed by atoms with Gasteiger partial charge in [-0.2, -0.15) is 0 Å². The first-order valence-corrected chi connectivity index (χ1v) is 18.1. The van der Waals surface area contributed by atoms with E-state index in [2.05, 4.69) is 55.4 Å². The lowest BCUT2D eigenvalue weighted by Gasteiger charge is -2.18. The molecule has 0 fully saturated rings. The van der Waals surface area contributed by atoms with Gasteiger partial charge in [-0.3, -0.25) is 9.13 Å². The quantitative estimate of drug-likeness (QED) is 0.161. The zero-order valence-electron chi connectivity index (χ0n) is 27.2. The lowest BCUT2D eigenvalue weighted by atomic mass is 9.95. The standard InChI is InChI=1S/2C16H27O4P/c2*1-6-20-21(18,19)15-9-13(7-11(2)3)16(17)14(10-15)8-12(4)5/h2*9-12,17H,6-8H2,1-5H3,(H,18,19). The van der Waals surface area contributed by atoms with E-state index in [0.29, 0.717) is 71.6 Å². The molecule has 0 spiro atoms. The Morgan fingerprint density at radius 1 is 0.548 bits per heavy atom. The van der Waals surface area contributed by atoms with Gasteiger partial charge in [0.25, 0.3) is 0 Å². The molecule has 2 unspecified atom stereocenters. The van der Waals surface area contributed by atoms with Crippen LogP contribution >= 0.6 is 15.2 Å². The van der Waals surface area contributed by atoms with Crippen molar-refractivity contribution in [1.29, 1.82) is 0 Å². The largest absolute Gasteiger partial charge is 0.507 e. The second-order valence-electron chi connectivity index (χ2n) is 12.5. The minimum atomic E-state index is -3.82. The van der Waals surface area contributed by atoms with Gasteiger partial charge in [0.05, 0.1) is 23.8 Å². The molecular weight excluding hydrogens is 574 g/mol. The van der Waals surface area contributed by atoms with Crippen molar-refractivity contribution in [2.75, 3.05) is 13.2 Å². The fourth-order valence-corrected chi connectivity index (χ4v) is 6.96. The van der Waals surface area contributed by atoms with E-state index >= 15 is 0 Å². The summed E-state index contributed by atoms with van der Waals surface area (Å²) in [5.74, 6) is 1.90. The summed E-state index contributed by atoms with van der Waals surface area (Å²) in [6.45, 7) is 20.1. The summed E-state index contributed by atoms with van der Waals surface area (Å²) in [5, 5.41) is 21.3. The number of phenolic OH excluding ortho intramolecular Hbond substituents is 2. The maximum absolute atomic E-state index is 12.3. The Balaban J connectivity index is 0.000000420. The van der Waals surface area contributed by atoms with Crippen LogP contribution in [0.25, 0.3) is 0 Å². The van der Waals surface area contributed by atoms with Crippen LogP contribution in [-0.2, 0) is 43.9 Å². The molecule has 0 saturated carbocycles. The molecule has 0 saturated heterocycles. The fourth-order valence-electron chi connectivity index (χ4n) is 4.69. The number of phenols is 2. The van der Waals surface area contributed by atoms with E-state index in [-0.39, 0.29) is 35.3 Å². The van der Waals surface area contributed by atoms with Crippen LogP contribution in [0, 0.1) is 23.7 Å². The van der Waals surface area contributed by atoms with E-state index in [1.54, 1.807) is 38.1 Å². The van der Waals surface area contributed by atoms with Gasteiger partial charge in [0, 0.05) is 0 Å². The summed E-state index contributed by atoms with van der Waals surface area (Å²) >= 11 is 0. The predicted octanol–water partition coefficient (Wildman–Crippen LogP) is 7.27. The molecule has 8 nitrogen and oxygen atoms in total. The maximum Gasteiger partial charge on any atom is 0.358 e. The van der Waals surface area contributed by atoms with Crippen LogP contribution in [0.2, 0.25) is 0 Å². The summed E-state index contributed by atoms with van der Waals surface area (Å²) in [6, 6.07) is 6.43. The molecule has 42 heavy (non-hydrogen) atoms. The molecule has 240 valence electrons. The Hall–Kier alpha value is -1.66. The number of benzene rings is 2. The second-order valence-corrected chi connectivity index (χ2v) is 16.1. The molecule has 0 heterocycles. The zero-order valence-corrected chi connectivity index (χ0v) is 29.0. The third kappa shape index (κ3) is 12.1. The topological polar surface area (TPSA) is 134 Å². The first-order valence-electron chi connectivity index (χ1n) is 15.0. The molecule has 2 atom stereocenters. The van der Waals surface area contributed by atoms with E-state index in [4.69, 9.17) is 9.05 Å². The minimum absolute atomic E-state index is 0.174. The molecule has 0 aliphatic heterocycles. The zero-order chi connectivity index (χ0) is 32.4. The minimum Gasteiger partial charge on any atom is -0.507 e. The summed E-state index contributed by atoms with van der Waals surface area (Å²) in [7, 11) is -7.63. The molecule has 2 rings (SSSR count). The van der Waals surface area contributed by atoms with Crippen molar-refractivity contribution in [3.05, 3.63) is 46.5 Å². The van der Waals surface area contributed by atoms with Crippen molar-refractivity contribution in [2.45, 2.75) is 94.9 Å². The van der Waals surface area contributed by atoms with Gasteiger partial charge < -0.3 is 29.0 Å². The van der Waals surface area contributed by atoms with Gasteiger partial charge in [-0.25, -0.2) is 0 Å². The lowest BCUT2D eigenvalue weighted by molar-refractivity contribution is 0.282. The molecular formula is C32H54O8P2. The molecule has 0 radical (unpaired) electrons. The van der Waals surface area contributed by atoms with Crippen LogP contribution in [-0.4, -0.2) is 33.2 Å². The Morgan fingerprint density at radius 3 is 0.929 bits per heavy atom. The Kier molecular flexibility index (Phi) is 15.5. The molecule has 0 aromatic heterocycles. The summed E-state index contributed by atoms with van der Waals surface area (Å²) < 4.78 is 34.5. The van der Waals surface area contributed by atoms with Crippen LogP contribution in [0.3, 0.4) is 0 Å². The fraction of sp³-hybridized carbons (Fsp3) is 0.625. The SMILES string of the molecule is CCOP(=O)(O)c1cc(CC(C)C)c(O)c(CC(C)C)c1.CCOP(=O)(O)c1cc(CC(C)C)c(O)c(CC(C)C)c1. The van der Waals surface area contributed by atoms with Gasteiger partial charge in [0.15, 0.2) is 0 Å². The predicted molar refractivity (Wildman–Crippen MR) is 173 cm³/mol. The van der Waals surface area contributed by atoms with Crippen molar-refractivity contribution in [2.24, 2.45) is 23.7 Å². The van der Waals surface area contributed by atoms with E-state index in [0.717, 1.165) is 0 Å². The monoisotopic (exact) mass is 628 g/mol. The average molecular weight is 629 g/mol. The molecule has 0 aliphatic carbocycles. The smallest absolute Gasteiger partial charge is 0.358 e. The average Bonchev–Trinajstić information content (AvgIpc) is 2.83. The van der Waals surface area contributed by atoms with E-state index in [1.807, 2.05) is 0 Å².